The van der Waals surface area contributed by atoms with Gasteiger partial charge in [0, 0.05) is 16.3 Å². The standard InChI is InChI=1S/C12H12BrClO/c1-11(7-10(15)12(11,2)14)8-4-3-5-9(13)6-8/h3-6H,7H2,1-2H3. The number of carbonyl (C=O) groups is 1. The molecule has 2 rings (SSSR count). The van der Waals surface area contributed by atoms with Crippen molar-refractivity contribution in [3.05, 3.63) is 34.3 Å². The van der Waals surface area contributed by atoms with Crippen LogP contribution in [0.25, 0.3) is 0 Å². The summed E-state index contributed by atoms with van der Waals surface area (Å²) in [5, 5.41) is 0. The molecule has 1 aromatic carbocycles. The summed E-state index contributed by atoms with van der Waals surface area (Å²) in [4.78, 5) is 10.7. The molecule has 0 amide bonds. The Balaban J connectivity index is 2.44. The number of Topliss-reactive ketones (excluding diaryl/α,β-unsaturated/α-hetero) is 1. The van der Waals surface area contributed by atoms with Crippen molar-refractivity contribution in [2.45, 2.75) is 30.6 Å². The Bertz CT molecular complexity index is 427. The molecule has 1 saturated carbocycles. The van der Waals surface area contributed by atoms with Crippen molar-refractivity contribution in [3.8, 4) is 0 Å². The van der Waals surface area contributed by atoms with E-state index in [1.54, 1.807) is 6.92 Å². The maximum atomic E-state index is 11.5. The van der Waals surface area contributed by atoms with Crippen molar-refractivity contribution in [3.63, 3.8) is 0 Å². The average molecular weight is 288 g/mol. The number of hydrogen-bond acceptors (Lipinski definition) is 1. The van der Waals surface area contributed by atoms with Crippen LogP contribution in [-0.2, 0) is 10.2 Å². The highest BCUT2D eigenvalue weighted by atomic mass is 79.9. The lowest BCUT2D eigenvalue weighted by Crippen LogP contribution is -2.60. The number of rotatable bonds is 1. The molecule has 0 aromatic heterocycles. The molecule has 1 fully saturated rings. The SMILES string of the molecule is CC1(Cl)C(=O)CC1(C)c1cccc(Br)c1. The molecule has 3 heteroatoms. The fraction of sp³-hybridized carbons (Fsp3) is 0.417. The molecule has 2 atom stereocenters. The molecule has 0 spiro atoms. The Labute approximate surface area is 103 Å². The molecular formula is C12H12BrClO. The largest absolute Gasteiger partial charge is 0.298 e. The van der Waals surface area contributed by atoms with Gasteiger partial charge in [-0.1, -0.05) is 35.0 Å². The van der Waals surface area contributed by atoms with Gasteiger partial charge in [0.25, 0.3) is 0 Å². The van der Waals surface area contributed by atoms with Crippen LogP contribution in [0.3, 0.4) is 0 Å². The summed E-state index contributed by atoms with van der Waals surface area (Å²) in [5.41, 5.74) is 0.879. The number of benzene rings is 1. The minimum absolute atomic E-state index is 0.131. The van der Waals surface area contributed by atoms with Crippen LogP contribution in [0.5, 0.6) is 0 Å². The van der Waals surface area contributed by atoms with E-state index in [0.717, 1.165) is 10.0 Å². The average Bonchev–Trinajstić information content (AvgIpc) is 2.17. The van der Waals surface area contributed by atoms with Crippen LogP contribution >= 0.6 is 27.5 Å². The van der Waals surface area contributed by atoms with Crippen LogP contribution in [0.1, 0.15) is 25.8 Å². The van der Waals surface area contributed by atoms with Gasteiger partial charge in [0.05, 0.1) is 0 Å². The van der Waals surface area contributed by atoms with E-state index in [1.165, 1.54) is 0 Å². The van der Waals surface area contributed by atoms with Crippen LogP contribution in [0.4, 0.5) is 0 Å². The highest BCUT2D eigenvalue weighted by Gasteiger charge is 2.59. The molecule has 1 nitrogen and oxygen atoms in total. The molecule has 1 aromatic rings. The maximum absolute atomic E-state index is 11.5. The van der Waals surface area contributed by atoms with E-state index in [1.807, 2.05) is 31.2 Å². The molecule has 1 aliphatic carbocycles. The van der Waals surface area contributed by atoms with E-state index in [0.29, 0.717) is 6.42 Å². The molecule has 0 heterocycles. The van der Waals surface area contributed by atoms with Gasteiger partial charge in [-0.25, -0.2) is 0 Å². The van der Waals surface area contributed by atoms with Crippen molar-refractivity contribution in [1.29, 1.82) is 0 Å². The van der Waals surface area contributed by atoms with Crippen LogP contribution in [0.2, 0.25) is 0 Å². The predicted octanol–water partition coefficient (Wildman–Crippen LogP) is 3.68. The summed E-state index contributed by atoms with van der Waals surface area (Å²) in [5.74, 6) is 0.131. The smallest absolute Gasteiger partial charge is 0.155 e. The van der Waals surface area contributed by atoms with Crippen LogP contribution in [-0.4, -0.2) is 10.7 Å². The first-order valence-corrected chi connectivity index (χ1v) is 6.03. The molecule has 0 saturated heterocycles. The molecule has 0 radical (unpaired) electrons. The van der Waals surface area contributed by atoms with Gasteiger partial charge in [0.2, 0.25) is 0 Å². The molecular weight excluding hydrogens is 275 g/mol. The molecule has 15 heavy (non-hydrogen) atoms. The number of halogens is 2. The summed E-state index contributed by atoms with van der Waals surface area (Å²) in [6, 6.07) is 8.00. The molecule has 0 aliphatic heterocycles. The van der Waals surface area contributed by atoms with Crippen molar-refractivity contribution >= 4 is 33.3 Å². The van der Waals surface area contributed by atoms with Crippen molar-refractivity contribution in [2.24, 2.45) is 0 Å². The first kappa shape index (κ1) is 11.2. The third kappa shape index (κ3) is 1.46. The second-order valence-electron chi connectivity index (χ2n) is 4.45. The van der Waals surface area contributed by atoms with Crippen LogP contribution in [0.15, 0.2) is 28.7 Å². The fourth-order valence-corrected chi connectivity index (χ4v) is 2.70. The highest BCUT2D eigenvalue weighted by molar-refractivity contribution is 9.10. The van der Waals surface area contributed by atoms with E-state index in [9.17, 15) is 4.79 Å². The Morgan fingerprint density at radius 1 is 1.40 bits per heavy atom. The van der Waals surface area contributed by atoms with Gasteiger partial charge >= 0.3 is 0 Å². The Morgan fingerprint density at radius 3 is 2.53 bits per heavy atom. The van der Waals surface area contributed by atoms with Gasteiger partial charge in [-0.15, -0.1) is 11.6 Å². The summed E-state index contributed by atoms with van der Waals surface area (Å²) in [7, 11) is 0. The second-order valence-corrected chi connectivity index (χ2v) is 6.12. The quantitative estimate of drug-likeness (QED) is 0.720. The third-order valence-corrected chi connectivity index (χ3v) is 4.66. The van der Waals surface area contributed by atoms with Gasteiger partial charge in [-0.05, 0) is 24.6 Å². The second kappa shape index (κ2) is 3.33. The van der Waals surface area contributed by atoms with Gasteiger partial charge in [0.15, 0.2) is 5.78 Å². The van der Waals surface area contributed by atoms with Crippen molar-refractivity contribution in [2.75, 3.05) is 0 Å². The van der Waals surface area contributed by atoms with E-state index < -0.39 is 4.87 Å². The Kier molecular flexibility index (Phi) is 2.47. The lowest BCUT2D eigenvalue weighted by atomic mass is 9.57. The van der Waals surface area contributed by atoms with Crippen molar-refractivity contribution < 1.29 is 4.79 Å². The molecule has 80 valence electrons. The number of ketones is 1. The van der Waals surface area contributed by atoms with Crippen LogP contribution < -0.4 is 0 Å². The zero-order chi connectivity index (χ0) is 11.3. The minimum atomic E-state index is -0.756. The van der Waals surface area contributed by atoms with E-state index in [4.69, 9.17) is 11.6 Å². The molecule has 1 aliphatic rings. The fourth-order valence-electron chi connectivity index (χ4n) is 2.06. The monoisotopic (exact) mass is 286 g/mol. The van der Waals surface area contributed by atoms with Gasteiger partial charge in [-0.2, -0.15) is 0 Å². The first-order chi connectivity index (χ1) is 6.88. The molecule has 2 unspecified atom stereocenters. The van der Waals surface area contributed by atoms with Crippen LogP contribution in [0, 0.1) is 0 Å². The van der Waals surface area contributed by atoms with Gasteiger partial charge in [0.1, 0.15) is 4.87 Å². The summed E-state index contributed by atoms with van der Waals surface area (Å²) >= 11 is 9.72. The zero-order valence-corrected chi connectivity index (χ0v) is 11.0. The lowest BCUT2D eigenvalue weighted by Gasteiger charge is -2.50. The summed E-state index contributed by atoms with van der Waals surface area (Å²) in [6.45, 7) is 3.85. The topological polar surface area (TPSA) is 17.1 Å². The van der Waals surface area contributed by atoms with E-state index in [-0.39, 0.29) is 11.2 Å². The van der Waals surface area contributed by atoms with Gasteiger partial charge in [-0.3, -0.25) is 4.79 Å². The summed E-state index contributed by atoms with van der Waals surface area (Å²) in [6.07, 6.45) is 0.531. The van der Waals surface area contributed by atoms with Gasteiger partial charge < -0.3 is 0 Å². The minimum Gasteiger partial charge on any atom is -0.298 e. The number of alkyl halides is 1. The predicted molar refractivity (Wildman–Crippen MR) is 65.4 cm³/mol. The first-order valence-electron chi connectivity index (χ1n) is 4.86. The zero-order valence-electron chi connectivity index (χ0n) is 8.68. The maximum Gasteiger partial charge on any atom is 0.155 e. The Morgan fingerprint density at radius 2 is 2.07 bits per heavy atom. The molecule has 0 N–H and O–H groups in total. The third-order valence-electron chi connectivity index (χ3n) is 3.54. The Hall–Kier alpha value is -0.340. The normalized spacial score (nSPS) is 35.1. The lowest BCUT2D eigenvalue weighted by molar-refractivity contribution is -0.132. The number of hydrogen-bond donors (Lipinski definition) is 0. The van der Waals surface area contributed by atoms with E-state index in [2.05, 4.69) is 15.9 Å². The molecule has 0 bridgehead atoms. The van der Waals surface area contributed by atoms with E-state index >= 15 is 0 Å². The van der Waals surface area contributed by atoms with Crippen molar-refractivity contribution in [1.82, 2.24) is 0 Å². The highest BCUT2D eigenvalue weighted by Crippen LogP contribution is 2.53. The summed E-state index contributed by atoms with van der Waals surface area (Å²) < 4.78 is 1.02. The number of carbonyl (C=O) groups excluding carboxylic acids is 1.